The Labute approximate surface area is 190 Å². The number of alkyl halides is 2. The second-order valence-electron chi connectivity index (χ2n) is 8.59. The molecule has 6 nitrogen and oxygen atoms in total. The van der Waals surface area contributed by atoms with E-state index in [-0.39, 0.29) is 5.56 Å². The summed E-state index contributed by atoms with van der Waals surface area (Å²) in [6, 6.07) is 9.95. The number of hydrogen-bond donors (Lipinski definition) is 1. The predicted molar refractivity (Wildman–Crippen MR) is 121 cm³/mol. The van der Waals surface area contributed by atoms with Crippen LogP contribution >= 0.6 is 0 Å². The van der Waals surface area contributed by atoms with Crippen molar-refractivity contribution < 1.29 is 17.9 Å². The smallest absolute Gasteiger partial charge is 0.266 e. The quantitative estimate of drug-likeness (QED) is 0.613. The van der Waals surface area contributed by atoms with Gasteiger partial charge in [-0.15, -0.1) is 0 Å². The summed E-state index contributed by atoms with van der Waals surface area (Å²) in [5, 5.41) is 12.4. The lowest BCUT2D eigenvalue weighted by molar-refractivity contribution is -0.0116. The third-order valence-corrected chi connectivity index (χ3v) is 6.56. The van der Waals surface area contributed by atoms with Gasteiger partial charge in [-0.3, -0.25) is 4.90 Å². The van der Waals surface area contributed by atoms with Gasteiger partial charge in [-0.05, 0) is 25.1 Å². The molecule has 0 unspecified atom stereocenters. The van der Waals surface area contributed by atoms with Crippen LogP contribution in [0.4, 0.5) is 24.5 Å². The van der Waals surface area contributed by atoms with Gasteiger partial charge in [0.05, 0.1) is 48.3 Å². The molecule has 2 atom stereocenters. The lowest BCUT2D eigenvalue weighted by Gasteiger charge is -2.44. The van der Waals surface area contributed by atoms with Gasteiger partial charge in [-0.2, -0.15) is 10.2 Å². The molecule has 174 valence electrons. The Morgan fingerprint density at radius 2 is 1.97 bits per heavy atom. The minimum atomic E-state index is -2.86. The summed E-state index contributed by atoms with van der Waals surface area (Å²) < 4.78 is 46.6. The van der Waals surface area contributed by atoms with E-state index in [1.807, 2.05) is 12.1 Å². The number of fused-ring (bicyclic) bond motifs is 2. The van der Waals surface area contributed by atoms with E-state index in [1.54, 1.807) is 13.1 Å². The molecule has 5 rings (SSSR count). The molecule has 3 heterocycles. The standard InChI is InChI=1S/C24H26F3N5O/c1-15(18-3-2-4-19(23(18)25)24(26)27)29-22-12-28-30-21-6-5-16(11-20(21)22)32-8-7-31-9-10-33-14-17(31)13-32/h2-6,11-12,15,17,24H,7-10,13-14H2,1H3,(H,29,30)/t15-,17-/m1/s1. The fourth-order valence-electron chi connectivity index (χ4n) is 4.72. The van der Waals surface area contributed by atoms with Crippen LogP contribution in [0, 0.1) is 5.82 Å². The number of ether oxygens (including phenoxy) is 1. The molecule has 2 fully saturated rings. The molecule has 0 spiro atoms. The van der Waals surface area contributed by atoms with E-state index in [2.05, 4.69) is 31.4 Å². The van der Waals surface area contributed by atoms with Crippen LogP contribution in [0.2, 0.25) is 0 Å². The second-order valence-corrected chi connectivity index (χ2v) is 8.59. The van der Waals surface area contributed by atoms with Crippen molar-refractivity contribution in [3.63, 3.8) is 0 Å². The van der Waals surface area contributed by atoms with Crippen molar-refractivity contribution in [3.8, 4) is 0 Å². The van der Waals surface area contributed by atoms with Crippen LogP contribution < -0.4 is 10.2 Å². The van der Waals surface area contributed by atoms with E-state index in [0.29, 0.717) is 17.2 Å². The molecule has 2 aromatic carbocycles. The number of anilines is 2. The zero-order valence-corrected chi connectivity index (χ0v) is 18.3. The summed E-state index contributed by atoms with van der Waals surface area (Å²) in [7, 11) is 0. The Morgan fingerprint density at radius 3 is 2.82 bits per heavy atom. The Morgan fingerprint density at radius 1 is 1.12 bits per heavy atom. The van der Waals surface area contributed by atoms with Crippen molar-refractivity contribution in [2.24, 2.45) is 0 Å². The van der Waals surface area contributed by atoms with E-state index in [4.69, 9.17) is 4.74 Å². The highest BCUT2D eigenvalue weighted by molar-refractivity contribution is 5.93. The average Bonchev–Trinajstić information content (AvgIpc) is 2.83. The third-order valence-electron chi connectivity index (χ3n) is 6.56. The highest BCUT2D eigenvalue weighted by atomic mass is 19.3. The first-order valence-electron chi connectivity index (χ1n) is 11.2. The normalized spacial score (nSPS) is 20.2. The first-order valence-corrected chi connectivity index (χ1v) is 11.2. The van der Waals surface area contributed by atoms with Crippen LogP contribution in [-0.2, 0) is 4.74 Å². The minimum Gasteiger partial charge on any atom is -0.378 e. The molecule has 1 aromatic heterocycles. The van der Waals surface area contributed by atoms with Crippen molar-refractivity contribution in [2.45, 2.75) is 25.4 Å². The fourth-order valence-corrected chi connectivity index (χ4v) is 4.72. The lowest BCUT2D eigenvalue weighted by Crippen LogP contribution is -2.58. The molecule has 33 heavy (non-hydrogen) atoms. The van der Waals surface area contributed by atoms with E-state index in [0.717, 1.165) is 56.5 Å². The number of benzene rings is 2. The van der Waals surface area contributed by atoms with Crippen molar-refractivity contribution in [1.82, 2.24) is 15.1 Å². The van der Waals surface area contributed by atoms with Crippen LogP contribution in [0.25, 0.3) is 10.9 Å². The molecule has 9 heteroatoms. The Balaban J connectivity index is 1.42. The molecule has 1 N–H and O–H groups in total. The highest BCUT2D eigenvalue weighted by Gasteiger charge is 2.29. The monoisotopic (exact) mass is 457 g/mol. The molecule has 0 amide bonds. The van der Waals surface area contributed by atoms with Crippen LogP contribution in [-0.4, -0.2) is 60.5 Å². The van der Waals surface area contributed by atoms with Crippen LogP contribution in [0.5, 0.6) is 0 Å². The molecule has 2 aliphatic rings. The molecular formula is C24H26F3N5O. The maximum atomic E-state index is 14.7. The van der Waals surface area contributed by atoms with E-state index < -0.39 is 23.8 Å². The predicted octanol–water partition coefficient (Wildman–Crippen LogP) is 4.40. The summed E-state index contributed by atoms with van der Waals surface area (Å²) in [6.07, 6.45) is -1.28. The molecule has 0 aliphatic carbocycles. The highest BCUT2D eigenvalue weighted by Crippen LogP contribution is 2.32. The fraction of sp³-hybridized carbons (Fsp3) is 0.417. The number of rotatable bonds is 5. The molecular weight excluding hydrogens is 431 g/mol. The number of nitrogens with zero attached hydrogens (tertiary/aromatic N) is 4. The van der Waals surface area contributed by atoms with E-state index in [1.165, 1.54) is 12.1 Å². The molecule has 2 aliphatic heterocycles. The van der Waals surface area contributed by atoms with Gasteiger partial charge in [0.15, 0.2) is 0 Å². The van der Waals surface area contributed by atoms with Crippen LogP contribution in [0.3, 0.4) is 0 Å². The van der Waals surface area contributed by atoms with Gasteiger partial charge in [-0.1, -0.05) is 18.2 Å². The summed E-state index contributed by atoms with van der Waals surface area (Å²) in [5.74, 6) is -0.882. The Hall–Kier alpha value is -2.91. The van der Waals surface area contributed by atoms with Crippen LogP contribution in [0.15, 0.2) is 42.6 Å². The van der Waals surface area contributed by atoms with Crippen LogP contribution in [0.1, 0.15) is 30.5 Å². The Kier molecular flexibility index (Phi) is 6.07. The van der Waals surface area contributed by atoms with Gasteiger partial charge >= 0.3 is 0 Å². The SMILES string of the molecule is C[C@@H](Nc1cnnc2ccc(N3CCN4CCOC[C@H]4C3)cc12)c1cccc(C(F)F)c1F. The first-order chi connectivity index (χ1) is 16.0. The third kappa shape index (κ3) is 4.35. The minimum absolute atomic E-state index is 0.183. The summed E-state index contributed by atoms with van der Waals surface area (Å²) in [4.78, 5) is 4.82. The van der Waals surface area contributed by atoms with Gasteiger partial charge in [0.25, 0.3) is 6.43 Å². The zero-order chi connectivity index (χ0) is 22.9. The van der Waals surface area contributed by atoms with Crippen molar-refractivity contribution in [2.75, 3.05) is 49.6 Å². The average molecular weight is 458 g/mol. The molecule has 3 aromatic rings. The van der Waals surface area contributed by atoms with Gasteiger partial charge in [0.1, 0.15) is 5.82 Å². The Bertz CT molecular complexity index is 1140. The molecule has 0 saturated carbocycles. The number of piperazine rings is 1. The second kappa shape index (κ2) is 9.15. The molecule has 2 saturated heterocycles. The number of morpholine rings is 1. The number of aromatic nitrogens is 2. The maximum Gasteiger partial charge on any atom is 0.266 e. The number of nitrogens with one attached hydrogen (secondary N) is 1. The van der Waals surface area contributed by atoms with Gasteiger partial charge < -0.3 is 15.0 Å². The largest absolute Gasteiger partial charge is 0.378 e. The van der Waals surface area contributed by atoms with Gasteiger partial charge in [-0.25, -0.2) is 13.2 Å². The van der Waals surface area contributed by atoms with E-state index in [9.17, 15) is 13.2 Å². The summed E-state index contributed by atoms with van der Waals surface area (Å²) in [6.45, 7) is 7.04. The van der Waals surface area contributed by atoms with E-state index >= 15 is 0 Å². The summed E-state index contributed by atoms with van der Waals surface area (Å²) >= 11 is 0. The van der Waals surface area contributed by atoms with Gasteiger partial charge in [0, 0.05) is 42.8 Å². The van der Waals surface area contributed by atoms with Crippen molar-refractivity contribution in [1.29, 1.82) is 0 Å². The van der Waals surface area contributed by atoms with Gasteiger partial charge in [0.2, 0.25) is 0 Å². The first kappa shape index (κ1) is 21.9. The summed E-state index contributed by atoms with van der Waals surface area (Å²) in [5.41, 5.74) is 2.05. The zero-order valence-electron chi connectivity index (χ0n) is 18.3. The number of halogens is 3. The van der Waals surface area contributed by atoms with Crippen molar-refractivity contribution in [3.05, 3.63) is 59.5 Å². The molecule has 0 bridgehead atoms. The number of hydrogen-bond acceptors (Lipinski definition) is 6. The lowest BCUT2D eigenvalue weighted by atomic mass is 10.0. The molecule has 0 radical (unpaired) electrons. The van der Waals surface area contributed by atoms with Crippen molar-refractivity contribution >= 4 is 22.3 Å². The topological polar surface area (TPSA) is 53.5 Å². The maximum absolute atomic E-state index is 14.7.